The molecule has 0 bridgehead atoms. The number of carbonyl (C=O) groups excluding carboxylic acids is 1. The number of fused-ring (bicyclic) bond motifs is 1. The van der Waals surface area contributed by atoms with Crippen LogP contribution in [0.3, 0.4) is 0 Å². The third-order valence-corrected chi connectivity index (χ3v) is 3.81. The lowest BCUT2D eigenvalue weighted by atomic mass is 10.2. The van der Waals surface area contributed by atoms with Gasteiger partial charge in [0, 0.05) is 16.8 Å². The number of nitrogens with zero attached hydrogens (tertiary/aromatic N) is 3. The smallest absolute Gasteiger partial charge is 0.250 e. The van der Waals surface area contributed by atoms with Gasteiger partial charge in [0.15, 0.2) is 0 Å². The highest BCUT2D eigenvalue weighted by atomic mass is 16.5. The molecule has 0 aliphatic heterocycles. The molecule has 0 fully saturated rings. The zero-order chi connectivity index (χ0) is 18.1. The van der Waals surface area contributed by atoms with Crippen LogP contribution < -0.4 is 10.1 Å². The van der Waals surface area contributed by atoms with Crippen molar-refractivity contribution in [3.63, 3.8) is 0 Å². The molecule has 0 spiro atoms. The molecule has 0 radical (unpaired) electrons. The minimum absolute atomic E-state index is 0.00162. The maximum absolute atomic E-state index is 11.8. The summed E-state index contributed by atoms with van der Waals surface area (Å²) in [5, 5.41) is 21.7. The van der Waals surface area contributed by atoms with E-state index >= 15 is 0 Å². The van der Waals surface area contributed by atoms with Gasteiger partial charge in [0.2, 0.25) is 0 Å². The minimum Gasteiger partial charge on any atom is -0.506 e. The molecule has 0 saturated carbocycles. The first-order chi connectivity index (χ1) is 11.9. The molecule has 0 aliphatic carbocycles. The van der Waals surface area contributed by atoms with Crippen LogP contribution in [0.25, 0.3) is 16.7 Å². The Morgan fingerprint density at radius 3 is 2.72 bits per heavy atom. The molecule has 0 atom stereocenters. The van der Waals surface area contributed by atoms with Crippen molar-refractivity contribution >= 4 is 22.6 Å². The predicted octanol–water partition coefficient (Wildman–Crippen LogP) is 2.96. The first-order valence-electron chi connectivity index (χ1n) is 7.61. The van der Waals surface area contributed by atoms with E-state index in [4.69, 9.17) is 4.74 Å². The predicted molar refractivity (Wildman–Crippen MR) is 95.3 cm³/mol. The van der Waals surface area contributed by atoms with Gasteiger partial charge in [-0.05, 0) is 44.2 Å². The van der Waals surface area contributed by atoms with Crippen LogP contribution in [0.4, 0.5) is 5.69 Å². The number of carbonyl (C=O) groups is 1. The summed E-state index contributed by atoms with van der Waals surface area (Å²) in [7, 11) is 1.60. The number of benzene rings is 2. The van der Waals surface area contributed by atoms with Crippen molar-refractivity contribution < 1.29 is 14.6 Å². The van der Waals surface area contributed by atoms with E-state index in [1.54, 1.807) is 32.2 Å². The molecule has 1 heterocycles. The third kappa shape index (κ3) is 3.03. The summed E-state index contributed by atoms with van der Waals surface area (Å²) in [5.74, 6) is 0.417. The van der Waals surface area contributed by atoms with Gasteiger partial charge in [-0.1, -0.05) is 6.58 Å². The van der Waals surface area contributed by atoms with E-state index in [9.17, 15) is 9.90 Å². The van der Waals surface area contributed by atoms with Crippen LogP contribution in [0.5, 0.6) is 11.5 Å². The summed E-state index contributed by atoms with van der Waals surface area (Å²) in [6.45, 7) is 7.11. The molecule has 0 unspecified atom stereocenters. The lowest BCUT2D eigenvalue weighted by Crippen LogP contribution is -2.12. The van der Waals surface area contributed by atoms with Crippen LogP contribution >= 0.6 is 0 Å². The number of hydrogen-bond acceptors (Lipinski definition) is 5. The average Bonchev–Trinajstić information content (AvgIpc) is 3.01. The standard InChI is InChI=1S/C18H18N4O3/c1-10(2)18(24)19-12-5-7-15(23)14(9-12)22-20-13-6-8-16(25-4)11(3)17(13)21-22/h5-9,23H,1H2,2-4H3,(H,19,24). The number of rotatable bonds is 4. The Morgan fingerprint density at radius 1 is 1.28 bits per heavy atom. The van der Waals surface area contributed by atoms with Crippen LogP contribution in [0, 0.1) is 6.92 Å². The summed E-state index contributed by atoms with van der Waals surface area (Å²) < 4.78 is 5.29. The van der Waals surface area contributed by atoms with Crippen molar-refractivity contribution in [3.05, 3.63) is 48.0 Å². The Hall–Kier alpha value is -3.35. The highest BCUT2D eigenvalue weighted by molar-refractivity contribution is 6.03. The number of ether oxygens (including phenoxy) is 1. The fourth-order valence-electron chi connectivity index (χ4n) is 2.42. The van der Waals surface area contributed by atoms with Crippen molar-refractivity contribution in [2.24, 2.45) is 0 Å². The molecule has 3 rings (SSSR count). The number of methoxy groups -OCH3 is 1. The number of phenolic OH excluding ortho intramolecular Hbond substituents is 1. The number of amides is 1. The zero-order valence-corrected chi connectivity index (χ0v) is 14.2. The average molecular weight is 338 g/mol. The molecular formula is C18H18N4O3. The summed E-state index contributed by atoms with van der Waals surface area (Å²) >= 11 is 0. The Morgan fingerprint density at radius 2 is 2.04 bits per heavy atom. The van der Waals surface area contributed by atoms with E-state index in [1.165, 1.54) is 10.9 Å². The fraction of sp³-hybridized carbons (Fsp3) is 0.167. The highest BCUT2D eigenvalue weighted by Crippen LogP contribution is 2.28. The molecule has 0 saturated heterocycles. The normalized spacial score (nSPS) is 10.7. The summed E-state index contributed by atoms with van der Waals surface area (Å²) in [5.41, 5.74) is 3.47. The second-order valence-electron chi connectivity index (χ2n) is 5.69. The van der Waals surface area contributed by atoms with Crippen LogP contribution in [0.2, 0.25) is 0 Å². The fourth-order valence-corrected chi connectivity index (χ4v) is 2.42. The third-order valence-electron chi connectivity index (χ3n) is 3.81. The van der Waals surface area contributed by atoms with Crippen LogP contribution in [-0.2, 0) is 4.79 Å². The molecule has 7 nitrogen and oxygen atoms in total. The van der Waals surface area contributed by atoms with E-state index in [-0.39, 0.29) is 11.7 Å². The minimum atomic E-state index is -0.296. The van der Waals surface area contributed by atoms with Crippen molar-refractivity contribution in [1.29, 1.82) is 0 Å². The Kier molecular flexibility index (Phi) is 4.14. The molecule has 2 N–H and O–H groups in total. The van der Waals surface area contributed by atoms with Crippen molar-refractivity contribution in [3.8, 4) is 17.2 Å². The van der Waals surface area contributed by atoms with E-state index in [0.717, 1.165) is 5.56 Å². The number of nitrogens with one attached hydrogen (secondary N) is 1. The first-order valence-corrected chi connectivity index (χ1v) is 7.61. The number of hydrogen-bond donors (Lipinski definition) is 2. The highest BCUT2D eigenvalue weighted by Gasteiger charge is 2.14. The SMILES string of the molecule is C=C(C)C(=O)Nc1ccc(O)c(-n2nc3ccc(OC)c(C)c3n2)c1. The van der Waals surface area contributed by atoms with Gasteiger partial charge in [-0.15, -0.1) is 15.0 Å². The van der Waals surface area contributed by atoms with Gasteiger partial charge < -0.3 is 15.2 Å². The van der Waals surface area contributed by atoms with Gasteiger partial charge in [0.1, 0.15) is 28.2 Å². The second-order valence-corrected chi connectivity index (χ2v) is 5.69. The van der Waals surface area contributed by atoms with Crippen molar-refractivity contribution in [2.45, 2.75) is 13.8 Å². The lowest BCUT2D eigenvalue weighted by Gasteiger charge is -2.08. The van der Waals surface area contributed by atoms with E-state index in [1.807, 2.05) is 13.0 Å². The van der Waals surface area contributed by atoms with E-state index in [0.29, 0.717) is 33.7 Å². The van der Waals surface area contributed by atoms with Gasteiger partial charge in [0.25, 0.3) is 5.91 Å². The maximum Gasteiger partial charge on any atom is 0.250 e. The molecule has 3 aromatic rings. The Bertz CT molecular complexity index is 991. The first kappa shape index (κ1) is 16.5. The number of aromatic hydroxyl groups is 1. The van der Waals surface area contributed by atoms with Crippen LogP contribution in [0.1, 0.15) is 12.5 Å². The lowest BCUT2D eigenvalue weighted by molar-refractivity contribution is -0.112. The van der Waals surface area contributed by atoms with Gasteiger partial charge in [-0.25, -0.2) is 0 Å². The number of phenols is 1. The molecule has 0 aliphatic rings. The quantitative estimate of drug-likeness (QED) is 0.564. The van der Waals surface area contributed by atoms with Crippen molar-refractivity contribution in [2.75, 3.05) is 12.4 Å². The number of aromatic nitrogens is 3. The molecule has 2 aromatic carbocycles. The van der Waals surface area contributed by atoms with Crippen LogP contribution in [0.15, 0.2) is 42.5 Å². The topological polar surface area (TPSA) is 89.3 Å². The number of aryl methyl sites for hydroxylation is 1. The summed E-state index contributed by atoms with van der Waals surface area (Å²) in [4.78, 5) is 13.1. The molecule has 1 amide bonds. The molecule has 128 valence electrons. The van der Waals surface area contributed by atoms with Gasteiger partial charge >= 0.3 is 0 Å². The van der Waals surface area contributed by atoms with E-state index in [2.05, 4.69) is 22.1 Å². The molecule has 25 heavy (non-hydrogen) atoms. The molecule has 7 heteroatoms. The van der Waals surface area contributed by atoms with Crippen molar-refractivity contribution in [1.82, 2.24) is 15.0 Å². The van der Waals surface area contributed by atoms with Crippen LogP contribution in [-0.4, -0.2) is 33.1 Å². The zero-order valence-electron chi connectivity index (χ0n) is 14.2. The summed E-state index contributed by atoms with van der Waals surface area (Å²) in [6, 6.07) is 8.29. The molecule has 1 aromatic heterocycles. The molecular weight excluding hydrogens is 320 g/mol. The number of anilines is 1. The van der Waals surface area contributed by atoms with E-state index < -0.39 is 0 Å². The Balaban J connectivity index is 2.06. The maximum atomic E-state index is 11.8. The van der Waals surface area contributed by atoms with Gasteiger partial charge in [-0.3, -0.25) is 4.79 Å². The van der Waals surface area contributed by atoms with Gasteiger partial charge in [-0.2, -0.15) is 0 Å². The van der Waals surface area contributed by atoms with Gasteiger partial charge in [0.05, 0.1) is 7.11 Å². The largest absolute Gasteiger partial charge is 0.506 e. The second kappa shape index (κ2) is 6.27. The monoisotopic (exact) mass is 338 g/mol. The Labute approximate surface area is 144 Å². The summed E-state index contributed by atoms with van der Waals surface area (Å²) in [6.07, 6.45) is 0.